The molecule has 0 saturated heterocycles. The van der Waals surface area contributed by atoms with Crippen LogP contribution >= 0.6 is 23.2 Å². The molecule has 0 spiro atoms. The van der Waals surface area contributed by atoms with Crippen LogP contribution in [0.2, 0.25) is 10.3 Å². The highest BCUT2D eigenvalue weighted by Gasteiger charge is 1.95. The maximum Gasteiger partial charge on any atom is 0.129 e. The van der Waals surface area contributed by atoms with Crippen molar-refractivity contribution in [3.8, 4) is 0 Å². The molecule has 0 saturated carbocycles. The zero-order valence-electron chi connectivity index (χ0n) is 17.3. The summed E-state index contributed by atoms with van der Waals surface area (Å²) in [6, 6.07) is 7.25. The standard InChI is InChI=1S/C11H16ClNO2.C10H14ClNO3/c1-2-5-14-6-7-15-9-10-3-4-11(12)13-8-10;11-10-2-1-9(7-12-10)8-15-6-5-14-4-3-13/h3-4,8H,2,5-7,9H2,1H3;1-2,7,13H,3-6,8H2. The molecule has 0 radical (unpaired) electrons. The Morgan fingerprint density at radius 2 is 1.17 bits per heavy atom. The molecule has 0 amide bonds. The quantitative estimate of drug-likeness (QED) is 0.337. The number of rotatable bonds is 14. The molecule has 30 heavy (non-hydrogen) atoms. The van der Waals surface area contributed by atoms with Crippen molar-refractivity contribution >= 4 is 23.2 Å². The number of nitrogens with zero attached hydrogens (tertiary/aromatic N) is 2. The van der Waals surface area contributed by atoms with Gasteiger partial charge in [0.15, 0.2) is 0 Å². The fourth-order valence-electron chi connectivity index (χ4n) is 2.01. The lowest BCUT2D eigenvalue weighted by Gasteiger charge is -2.04. The van der Waals surface area contributed by atoms with Crippen molar-refractivity contribution in [1.82, 2.24) is 9.97 Å². The van der Waals surface area contributed by atoms with Crippen LogP contribution in [-0.4, -0.2) is 61.3 Å². The maximum absolute atomic E-state index is 8.44. The van der Waals surface area contributed by atoms with Crippen molar-refractivity contribution in [2.75, 3.05) is 46.2 Å². The third-order valence-corrected chi connectivity index (χ3v) is 3.89. The SMILES string of the molecule is CCCOCCOCc1ccc(Cl)nc1.OCCOCCOCc1ccc(Cl)nc1. The first-order valence-electron chi connectivity index (χ1n) is 9.78. The van der Waals surface area contributed by atoms with Crippen LogP contribution in [-0.2, 0) is 32.2 Å². The van der Waals surface area contributed by atoms with Gasteiger partial charge in [-0.3, -0.25) is 0 Å². The van der Waals surface area contributed by atoms with Crippen LogP contribution in [0, 0.1) is 0 Å². The Labute approximate surface area is 188 Å². The molecule has 0 unspecified atom stereocenters. The third kappa shape index (κ3) is 14.6. The first-order chi connectivity index (χ1) is 14.7. The van der Waals surface area contributed by atoms with Crippen LogP contribution < -0.4 is 0 Å². The Morgan fingerprint density at radius 3 is 1.57 bits per heavy atom. The summed E-state index contributed by atoms with van der Waals surface area (Å²) in [6.45, 7) is 6.58. The smallest absolute Gasteiger partial charge is 0.129 e. The van der Waals surface area contributed by atoms with Gasteiger partial charge in [-0.05, 0) is 29.7 Å². The first-order valence-corrected chi connectivity index (χ1v) is 10.5. The van der Waals surface area contributed by atoms with E-state index < -0.39 is 0 Å². The van der Waals surface area contributed by atoms with E-state index in [2.05, 4.69) is 16.9 Å². The van der Waals surface area contributed by atoms with Gasteiger partial charge in [0.05, 0.1) is 52.9 Å². The monoisotopic (exact) mass is 460 g/mol. The molecule has 2 aromatic heterocycles. The minimum Gasteiger partial charge on any atom is -0.394 e. The van der Waals surface area contributed by atoms with Crippen molar-refractivity contribution in [3.05, 3.63) is 58.1 Å². The molecule has 0 aliphatic heterocycles. The molecule has 168 valence electrons. The van der Waals surface area contributed by atoms with Crippen molar-refractivity contribution in [2.24, 2.45) is 0 Å². The van der Waals surface area contributed by atoms with Gasteiger partial charge >= 0.3 is 0 Å². The summed E-state index contributed by atoms with van der Waals surface area (Å²) in [5.74, 6) is 0. The highest BCUT2D eigenvalue weighted by molar-refractivity contribution is 6.29. The minimum atomic E-state index is 0.0428. The molecular weight excluding hydrogens is 431 g/mol. The minimum absolute atomic E-state index is 0.0428. The number of aliphatic hydroxyl groups excluding tert-OH is 1. The average molecular weight is 461 g/mol. The van der Waals surface area contributed by atoms with E-state index in [1.54, 1.807) is 24.5 Å². The Kier molecular flexibility index (Phi) is 16.4. The second-order valence-electron chi connectivity index (χ2n) is 6.03. The molecule has 0 bridgehead atoms. The summed E-state index contributed by atoms with van der Waals surface area (Å²) in [5, 5.41) is 9.42. The Balaban J connectivity index is 0.000000300. The van der Waals surface area contributed by atoms with Gasteiger partial charge in [0.1, 0.15) is 10.3 Å². The largest absolute Gasteiger partial charge is 0.394 e. The van der Waals surface area contributed by atoms with Gasteiger partial charge in [-0.1, -0.05) is 42.3 Å². The van der Waals surface area contributed by atoms with E-state index >= 15 is 0 Å². The van der Waals surface area contributed by atoms with Crippen LogP contribution in [0.3, 0.4) is 0 Å². The van der Waals surface area contributed by atoms with E-state index in [0.717, 1.165) is 24.2 Å². The van der Waals surface area contributed by atoms with Crippen LogP contribution in [0.4, 0.5) is 0 Å². The number of hydrogen-bond acceptors (Lipinski definition) is 7. The molecular formula is C21H30Cl2N2O5. The summed E-state index contributed by atoms with van der Waals surface area (Å²) in [5.41, 5.74) is 2.00. The lowest BCUT2D eigenvalue weighted by molar-refractivity contribution is 0.0273. The van der Waals surface area contributed by atoms with Gasteiger partial charge in [0.2, 0.25) is 0 Å². The summed E-state index contributed by atoms with van der Waals surface area (Å²) < 4.78 is 21.0. The molecule has 0 atom stereocenters. The number of halogens is 2. The molecule has 2 aromatic rings. The zero-order chi connectivity index (χ0) is 21.9. The van der Waals surface area contributed by atoms with Gasteiger partial charge < -0.3 is 24.1 Å². The molecule has 0 fully saturated rings. The second kappa shape index (κ2) is 18.4. The number of hydrogen-bond donors (Lipinski definition) is 1. The van der Waals surface area contributed by atoms with Crippen molar-refractivity contribution in [3.63, 3.8) is 0 Å². The molecule has 1 N–H and O–H groups in total. The van der Waals surface area contributed by atoms with Crippen LogP contribution in [0.5, 0.6) is 0 Å². The van der Waals surface area contributed by atoms with Gasteiger partial charge in [0, 0.05) is 19.0 Å². The number of aromatic nitrogens is 2. The molecule has 9 heteroatoms. The lowest BCUT2D eigenvalue weighted by Crippen LogP contribution is -2.07. The normalized spacial score (nSPS) is 10.5. The van der Waals surface area contributed by atoms with Gasteiger partial charge in [-0.25, -0.2) is 9.97 Å². The van der Waals surface area contributed by atoms with E-state index in [0.29, 0.717) is 56.6 Å². The molecule has 7 nitrogen and oxygen atoms in total. The first kappa shape index (κ1) is 26.7. The van der Waals surface area contributed by atoms with Crippen molar-refractivity contribution in [2.45, 2.75) is 26.6 Å². The molecule has 0 aliphatic rings. The van der Waals surface area contributed by atoms with Gasteiger partial charge in [-0.15, -0.1) is 0 Å². The highest BCUT2D eigenvalue weighted by atomic mass is 35.5. The highest BCUT2D eigenvalue weighted by Crippen LogP contribution is 2.06. The fourth-order valence-corrected chi connectivity index (χ4v) is 2.24. The molecule has 2 heterocycles. The van der Waals surface area contributed by atoms with E-state index in [1.165, 1.54) is 0 Å². The summed E-state index contributed by atoms with van der Waals surface area (Å²) in [6.07, 6.45) is 4.44. The maximum atomic E-state index is 8.44. The topological polar surface area (TPSA) is 82.9 Å². The number of pyridine rings is 2. The van der Waals surface area contributed by atoms with Crippen molar-refractivity contribution < 1.29 is 24.1 Å². The van der Waals surface area contributed by atoms with Gasteiger partial charge in [0.25, 0.3) is 0 Å². The van der Waals surface area contributed by atoms with E-state index in [9.17, 15) is 0 Å². The van der Waals surface area contributed by atoms with E-state index in [-0.39, 0.29) is 6.61 Å². The van der Waals surface area contributed by atoms with E-state index in [1.807, 2.05) is 12.1 Å². The number of aliphatic hydroxyl groups is 1. The zero-order valence-corrected chi connectivity index (χ0v) is 18.8. The average Bonchev–Trinajstić information content (AvgIpc) is 2.76. The van der Waals surface area contributed by atoms with Crippen LogP contribution in [0.1, 0.15) is 24.5 Å². The van der Waals surface area contributed by atoms with Crippen molar-refractivity contribution in [1.29, 1.82) is 0 Å². The van der Waals surface area contributed by atoms with Crippen LogP contribution in [0.15, 0.2) is 36.7 Å². The Hall–Kier alpha value is -1.32. The summed E-state index contributed by atoms with van der Waals surface area (Å²) >= 11 is 11.3. The van der Waals surface area contributed by atoms with Crippen LogP contribution in [0.25, 0.3) is 0 Å². The third-order valence-electron chi connectivity index (χ3n) is 3.44. The Morgan fingerprint density at radius 1 is 0.700 bits per heavy atom. The molecule has 0 aromatic carbocycles. The lowest BCUT2D eigenvalue weighted by atomic mass is 10.3. The predicted molar refractivity (Wildman–Crippen MR) is 117 cm³/mol. The summed E-state index contributed by atoms with van der Waals surface area (Å²) in [4.78, 5) is 7.89. The fraction of sp³-hybridized carbons (Fsp3) is 0.524. The van der Waals surface area contributed by atoms with Gasteiger partial charge in [-0.2, -0.15) is 0 Å². The Bertz CT molecular complexity index is 587. The second-order valence-corrected chi connectivity index (χ2v) is 6.81. The van der Waals surface area contributed by atoms with E-state index in [4.69, 9.17) is 47.3 Å². The summed E-state index contributed by atoms with van der Waals surface area (Å²) in [7, 11) is 0. The predicted octanol–water partition coefficient (Wildman–Crippen LogP) is 3.94. The number of ether oxygens (including phenoxy) is 4. The molecule has 0 aliphatic carbocycles. The molecule has 2 rings (SSSR count).